The Morgan fingerprint density at radius 3 is 2.52 bits per heavy atom. The molecule has 29 heavy (non-hydrogen) atoms. The number of methoxy groups -OCH3 is 1. The molecular weight excluding hydrogens is 382 g/mol. The van der Waals surface area contributed by atoms with E-state index in [0.29, 0.717) is 17.9 Å². The van der Waals surface area contributed by atoms with E-state index >= 15 is 0 Å². The minimum absolute atomic E-state index is 0.239. The van der Waals surface area contributed by atoms with Gasteiger partial charge in [0.05, 0.1) is 12.7 Å². The van der Waals surface area contributed by atoms with Crippen molar-refractivity contribution in [2.45, 2.75) is 83.5 Å². The quantitative estimate of drug-likeness (QED) is 0.630. The van der Waals surface area contributed by atoms with Gasteiger partial charge in [0.25, 0.3) is 0 Å². The van der Waals surface area contributed by atoms with Gasteiger partial charge in [-0.1, -0.05) is 19.9 Å². The summed E-state index contributed by atoms with van der Waals surface area (Å²) in [7, 11) is 1.83. The Morgan fingerprint density at radius 2 is 1.93 bits per heavy atom. The summed E-state index contributed by atoms with van der Waals surface area (Å²) in [5, 5.41) is 0. The molecule has 1 aromatic rings. The topological polar surface area (TPSA) is 53.5 Å². The average molecular weight is 422 g/mol. The number of nitrogens with one attached hydrogen (secondary N) is 1. The van der Waals surface area contributed by atoms with E-state index in [-0.39, 0.29) is 10.2 Å². The summed E-state index contributed by atoms with van der Waals surface area (Å²) in [6.45, 7) is 11.9. The van der Waals surface area contributed by atoms with Gasteiger partial charge < -0.3 is 14.0 Å². The van der Waals surface area contributed by atoms with Crippen LogP contribution in [0.15, 0.2) is 18.2 Å². The van der Waals surface area contributed by atoms with Crippen LogP contribution in [-0.4, -0.2) is 35.7 Å². The van der Waals surface area contributed by atoms with Gasteiger partial charge in [0.1, 0.15) is 10.5 Å². The molecule has 164 valence electrons. The van der Waals surface area contributed by atoms with E-state index in [9.17, 15) is 4.55 Å². The van der Waals surface area contributed by atoms with Crippen LogP contribution in [0.3, 0.4) is 0 Å². The molecule has 2 aliphatic rings. The molecule has 0 aliphatic heterocycles. The molecule has 2 atom stereocenters. The molecule has 2 unspecified atom stereocenters. The summed E-state index contributed by atoms with van der Waals surface area (Å²) in [6.07, 6.45) is 6.04. The fourth-order valence-corrected chi connectivity index (χ4v) is 5.62. The Morgan fingerprint density at radius 1 is 1.24 bits per heavy atom. The van der Waals surface area contributed by atoms with Crippen molar-refractivity contribution in [1.29, 1.82) is 0 Å². The summed E-state index contributed by atoms with van der Waals surface area (Å²) in [4.78, 5) is 0. The summed E-state index contributed by atoms with van der Waals surface area (Å²) in [6, 6.07) is 6.63. The lowest BCUT2D eigenvalue weighted by Gasteiger charge is -2.42. The van der Waals surface area contributed by atoms with Crippen LogP contribution < -0.4 is 9.46 Å². The third-order valence-corrected chi connectivity index (χ3v) is 8.14. The molecule has 0 radical (unpaired) electrons. The van der Waals surface area contributed by atoms with E-state index in [1.807, 2.05) is 27.9 Å². The van der Waals surface area contributed by atoms with E-state index in [4.69, 9.17) is 9.47 Å². The molecule has 1 fully saturated rings. The molecule has 2 aliphatic carbocycles. The Balaban J connectivity index is 1.83. The van der Waals surface area contributed by atoms with Gasteiger partial charge in [0, 0.05) is 30.9 Å². The molecule has 0 heterocycles. The predicted molar refractivity (Wildman–Crippen MR) is 121 cm³/mol. The first-order chi connectivity index (χ1) is 13.6. The maximum Gasteiger partial charge on any atom is 0.136 e. The predicted octanol–water partition coefficient (Wildman–Crippen LogP) is 4.99. The van der Waals surface area contributed by atoms with Crippen LogP contribution in [-0.2, 0) is 22.5 Å². The van der Waals surface area contributed by atoms with Crippen molar-refractivity contribution < 1.29 is 14.0 Å². The summed E-state index contributed by atoms with van der Waals surface area (Å²) >= 11 is -1.06. The van der Waals surface area contributed by atoms with Gasteiger partial charge in [0.2, 0.25) is 0 Å². The van der Waals surface area contributed by atoms with Crippen LogP contribution in [0.4, 0.5) is 0 Å². The van der Waals surface area contributed by atoms with Gasteiger partial charge in [0.15, 0.2) is 0 Å². The molecule has 0 aromatic heterocycles. The largest absolute Gasteiger partial charge is 0.598 e. The van der Waals surface area contributed by atoms with Gasteiger partial charge in [-0.05, 0) is 87.5 Å². The van der Waals surface area contributed by atoms with Crippen molar-refractivity contribution in [3.05, 3.63) is 29.3 Å². The molecule has 5 heteroatoms. The van der Waals surface area contributed by atoms with Crippen molar-refractivity contribution in [2.24, 2.45) is 11.3 Å². The fraction of sp³-hybridized carbons (Fsp3) is 0.750. The highest BCUT2D eigenvalue weighted by Crippen LogP contribution is 2.55. The Bertz CT molecular complexity index is 677. The molecular formula is C24H39NO3S. The summed E-state index contributed by atoms with van der Waals surface area (Å²) in [5.41, 5.74) is 3.06. The monoisotopic (exact) mass is 421 g/mol. The minimum atomic E-state index is -1.06. The van der Waals surface area contributed by atoms with Crippen molar-refractivity contribution in [1.82, 2.24) is 4.72 Å². The van der Waals surface area contributed by atoms with Crippen molar-refractivity contribution in [3.8, 4) is 5.75 Å². The van der Waals surface area contributed by atoms with Crippen LogP contribution in [0.1, 0.15) is 77.3 Å². The molecule has 1 N–H and O–H groups in total. The Kier molecular flexibility index (Phi) is 7.25. The van der Waals surface area contributed by atoms with Crippen LogP contribution in [0.25, 0.3) is 0 Å². The zero-order valence-corrected chi connectivity index (χ0v) is 19.9. The molecule has 4 nitrogen and oxygen atoms in total. The second kappa shape index (κ2) is 9.17. The highest BCUT2D eigenvalue weighted by Gasteiger charge is 2.48. The van der Waals surface area contributed by atoms with E-state index < -0.39 is 11.4 Å². The van der Waals surface area contributed by atoms with Gasteiger partial charge in [-0.25, -0.2) is 0 Å². The van der Waals surface area contributed by atoms with Crippen LogP contribution in [0.2, 0.25) is 0 Å². The van der Waals surface area contributed by atoms with Gasteiger partial charge in [-0.15, -0.1) is 4.72 Å². The maximum absolute atomic E-state index is 12.7. The number of hydrogen-bond donors (Lipinski definition) is 1. The second-order valence-corrected chi connectivity index (χ2v) is 12.4. The number of benzene rings is 1. The van der Waals surface area contributed by atoms with Crippen molar-refractivity contribution >= 4 is 11.4 Å². The van der Waals surface area contributed by atoms with Gasteiger partial charge in [-0.3, -0.25) is 0 Å². The first-order valence-corrected chi connectivity index (χ1v) is 12.2. The standard InChI is InChI=1S/C24H39NO3S/c1-17(2)16-28-20-8-7-18-14-24(11-9-19(27-6)10-12-24)22(21(18)13-20)15-25-29(26)23(3,4)5/h7-8,13,17,19,22,25H,9-12,14-16H2,1-6H3/t19-,22?,24-,29?. The number of ether oxygens (including phenoxy) is 2. The third kappa shape index (κ3) is 5.30. The molecule has 0 saturated heterocycles. The maximum atomic E-state index is 12.7. The Labute approximate surface area is 180 Å². The van der Waals surface area contributed by atoms with Gasteiger partial charge in [-0.2, -0.15) is 0 Å². The lowest BCUT2D eigenvalue weighted by Crippen LogP contribution is -2.44. The number of fused-ring (bicyclic) bond motifs is 1. The zero-order chi connectivity index (χ0) is 21.2. The van der Waals surface area contributed by atoms with E-state index in [2.05, 4.69) is 36.8 Å². The van der Waals surface area contributed by atoms with Crippen molar-refractivity contribution in [3.63, 3.8) is 0 Å². The van der Waals surface area contributed by atoms with E-state index in [0.717, 1.165) is 51.0 Å². The highest BCUT2D eigenvalue weighted by atomic mass is 32.2. The smallest absolute Gasteiger partial charge is 0.136 e. The molecule has 1 aromatic carbocycles. The van der Waals surface area contributed by atoms with Crippen LogP contribution >= 0.6 is 0 Å². The van der Waals surface area contributed by atoms with Crippen LogP contribution in [0.5, 0.6) is 5.75 Å². The summed E-state index contributed by atoms with van der Waals surface area (Å²) < 4.78 is 27.5. The second-order valence-electron chi connectivity index (χ2n) is 10.3. The lowest BCUT2D eigenvalue weighted by atomic mass is 9.65. The molecule has 3 rings (SSSR count). The highest BCUT2D eigenvalue weighted by molar-refractivity contribution is 7.90. The first-order valence-electron chi connectivity index (χ1n) is 11.1. The normalized spacial score (nSPS) is 28.0. The summed E-state index contributed by atoms with van der Waals surface area (Å²) in [5.74, 6) is 1.83. The third-order valence-electron chi connectivity index (χ3n) is 6.59. The molecule has 0 amide bonds. The molecule has 1 saturated carbocycles. The lowest BCUT2D eigenvalue weighted by molar-refractivity contribution is 0.0206. The Hall–Kier alpha value is -0.750. The molecule has 1 spiro atoms. The average Bonchev–Trinajstić information content (AvgIpc) is 2.96. The van der Waals surface area contributed by atoms with Crippen LogP contribution in [0, 0.1) is 11.3 Å². The number of rotatable bonds is 7. The van der Waals surface area contributed by atoms with Crippen molar-refractivity contribution in [2.75, 3.05) is 20.3 Å². The molecule has 0 bridgehead atoms. The van der Waals surface area contributed by atoms with E-state index in [1.165, 1.54) is 11.1 Å². The van der Waals surface area contributed by atoms with Gasteiger partial charge >= 0.3 is 0 Å². The first kappa shape index (κ1) is 22.9. The number of hydrogen-bond acceptors (Lipinski definition) is 4. The SMILES string of the molecule is CO[C@H]1CC[C@]2(CC1)Cc1ccc(OCC(C)C)cc1C2CN[S+]([O-])C(C)(C)C. The fourth-order valence-electron chi connectivity index (χ4n) is 4.87. The minimum Gasteiger partial charge on any atom is -0.598 e. The zero-order valence-electron chi connectivity index (χ0n) is 19.0. The van der Waals surface area contributed by atoms with E-state index in [1.54, 1.807) is 0 Å².